The largest absolute Gasteiger partial charge is 0.480 e. The Morgan fingerprint density at radius 2 is 2.24 bits per heavy atom. The number of hydrogen-bond donors (Lipinski definition) is 1. The third-order valence-corrected chi connectivity index (χ3v) is 2.87. The maximum atomic E-state index is 11.0. The number of nitrogens with zero attached hydrogens (tertiary/aromatic N) is 3. The lowest BCUT2D eigenvalue weighted by Crippen LogP contribution is -2.30. The van der Waals surface area contributed by atoms with E-state index in [1.165, 1.54) is 23.2 Å². The second-order valence-electron chi connectivity index (χ2n) is 4.21. The normalized spacial score (nSPS) is 10.0. The molecule has 0 unspecified atom stereocenters. The summed E-state index contributed by atoms with van der Waals surface area (Å²) in [6.07, 6.45) is 6.74. The standard InChI is InChI=1S/C14H11N3O4/c1-2-8-16(9-13(18)19)12-6-5-11(17(20)21)10-4-3-7-15-14(10)12/h1,3-7H,8-9H2,(H,18,19). The van der Waals surface area contributed by atoms with Gasteiger partial charge in [-0.15, -0.1) is 6.42 Å². The molecule has 0 amide bonds. The molecule has 0 fully saturated rings. The van der Waals surface area contributed by atoms with E-state index >= 15 is 0 Å². The number of aromatic nitrogens is 1. The zero-order valence-corrected chi connectivity index (χ0v) is 10.9. The predicted octanol–water partition coefficient (Wildman–Crippen LogP) is 1.67. The number of fused-ring (bicyclic) bond motifs is 1. The summed E-state index contributed by atoms with van der Waals surface area (Å²) < 4.78 is 0. The fraction of sp³-hybridized carbons (Fsp3) is 0.143. The van der Waals surface area contributed by atoms with E-state index in [0.717, 1.165) is 0 Å². The zero-order valence-electron chi connectivity index (χ0n) is 10.9. The van der Waals surface area contributed by atoms with Gasteiger partial charge in [-0.1, -0.05) is 5.92 Å². The first-order valence-corrected chi connectivity index (χ1v) is 5.97. The van der Waals surface area contributed by atoms with Crippen molar-refractivity contribution in [2.45, 2.75) is 0 Å². The highest BCUT2D eigenvalue weighted by Gasteiger charge is 2.19. The van der Waals surface area contributed by atoms with Crippen molar-refractivity contribution in [3.05, 3.63) is 40.6 Å². The average molecular weight is 285 g/mol. The molecular formula is C14H11N3O4. The fourth-order valence-corrected chi connectivity index (χ4v) is 2.06. The highest BCUT2D eigenvalue weighted by molar-refractivity contribution is 5.97. The number of rotatable bonds is 5. The molecule has 21 heavy (non-hydrogen) atoms. The van der Waals surface area contributed by atoms with E-state index in [4.69, 9.17) is 11.5 Å². The molecule has 0 atom stereocenters. The van der Waals surface area contributed by atoms with Gasteiger partial charge in [-0.3, -0.25) is 19.9 Å². The van der Waals surface area contributed by atoms with Gasteiger partial charge in [0.25, 0.3) is 5.69 Å². The van der Waals surface area contributed by atoms with Crippen molar-refractivity contribution in [2.24, 2.45) is 0 Å². The van der Waals surface area contributed by atoms with Gasteiger partial charge in [-0.05, 0) is 18.2 Å². The van der Waals surface area contributed by atoms with Gasteiger partial charge >= 0.3 is 5.97 Å². The molecule has 0 aliphatic carbocycles. The SMILES string of the molecule is C#CCN(CC(=O)O)c1ccc([N+](=O)[O-])c2cccnc12. The number of carboxylic acids is 1. The van der Waals surface area contributed by atoms with E-state index in [2.05, 4.69) is 10.9 Å². The van der Waals surface area contributed by atoms with E-state index in [1.54, 1.807) is 12.1 Å². The van der Waals surface area contributed by atoms with E-state index in [9.17, 15) is 14.9 Å². The van der Waals surface area contributed by atoms with Gasteiger partial charge in [0.05, 0.1) is 22.5 Å². The molecule has 2 aromatic rings. The maximum absolute atomic E-state index is 11.0. The number of carboxylic acid groups (broad SMARTS) is 1. The third kappa shape index (κ3) is 2.90. The van der Waals surface area contributed by atoms with Crippen molar-refractivity contribution in [1.82, 2.24) is 4.98 Å². The van der Waals surface area contributed by atoms with E-state index in [1.807, 2.05) is 0 Å². The molecule has 0 bridgehead atoms. The molecule has 1 aromatic heterocycles. The molecule has 0 saturated heterocycles. The molecule has 0 saturated carbocycles. The minimum absolute atomic E-state index is 0.0653. The lowest BCUT2D eigenvalue weighted by Gasteiger charge is -2.21. The minimum atomic E-state index is -1.05. The number of non-ortho nitro benzene ring substituents is 1. The molecule has 1 aromatic carbocycles. The molecule has 7 nitrogen and oxygen atoms in total. The summed E-state index contributed by atoms with van der Waals surface area (Å²) in [6, 6.07) is 5.94. The van der Waals surface area contributed by atoms with Crippen LogP contribution in [0.25, 0.3) is 10.9 Å². The Bertz CT molecular complexity index is 751. The molecule has 106 valence electrons. The van der Waals surface area contributed by atoms with Crippen molar-refractivity contribution in [1.29, 1.82) is 0 Å². The number of nitro groups is 1. The summed E-state index contributed by atoms with van der Waals surface area (Å²) >= 11 is 0. The van der Waals surface area contributed by atoms with Gasteiger partial charge < -0.3 is 10.0 Å². The number of pyridine rings is 1. The molecule has 1 heterocycles. The van der Waals surface area contributed by atoms with Crippen LogP contribution in [0.2, 0.25) is 0 Å². The Kier molecular flexibility index (Phi) is 4.00. The molecule has 0 aliphatic rings. The van der Waals surface area contributed by atoms with Crippen LogP contribution in [-0.4, -0.2) is 34.1 Å². The Labute approximate surface area is 120 Å². The summed E-state index contributed by atoms with van der Waals surface area (Å²) in [5, 5.41) is 20.3. The Hall–Kier alpha value is -3.14. The first kappa shape index (κ1) is 14.3. The highest BCUT2D eigenvalue weighted by atomic mass is 16.6. The summed E-state index contributed by atoms with van der Waals surface area (Å²) in [4.78, 5) is 27.0. The van der Waals surface area contributed by atoms with Gasteiger partial charge in [-0.2, -0.15) is 0 Å². The van der Waals surface area contributed by atoms with Crippen LogP contribution >= 0.6 is 0 Å². The van der Waals surface area contributed by atoms with Crippen molar-refractivity contribution >= 4 is 28.2 Å². The minimum Gasteiger partial charge on any atom is -0.480 e. The Morgan fingerprint density at radius 3 is 2.86 bits per heavy atom. The van der Waals surface area contributed by atoms with Gasteiger partial charge in [-0.25, -0.2) is 0 Å². The molecule has 1 N–H and O–H groups in total. The molecular weight excluding hydrogens is 274 g/mol. The first-order chi connectivity index (χ1) is 10.0. The van der Waals surface area contributed by atoms with E-state index in [0.29, 0.717) is 16.6 Å². The third-order valence-electron chi connectivity index (χ3n) is 2.87. The zero-order chi connectivity index (χ0) is 15.4. The van der Waals surface area contributed by atoms with Crippen LogP contribution in [0.3, 0.4) is 0 Å². The Balaban J connectivity index is 2.64. The van der Waals surface area contributed by atoms with Crippen LogP contribution in [0.4, 0.5) is 11.4 Å². The van der Waals surface area contributed by atoms with Crippen molar-refractivity contribution in [3.8, 4) is 12.3 Å². The quantitative estimate of drug-likeness (QED) is 0.510. The second-order valence-corrected chi connectivity index (χ2v) is 4.21. The second kappa shape index (κ2) is 5.88. The van der Waals surface area contributed by atoms with Crippen LogP contribution in [0.1, 0.15) is 0 Å². The van der Waals surface area contributed by atoms with Gasteiger partial charge in [0.1, 0.15) is 12.1 Å². The molecule has 7 heteroatoms. The summed E-state index contributed by atoms with van der Waals surface area (Å²) in [7, 11) is 0. The Morgan fingerprint density at radius 1 is 1.48 bits per heavy atom. The van der Waals surface area contributed by atoms with Crippen LogP contribution in [0, 0.1) is 22.5 Å². The predicted molar refractivity (Wildman–Crippen MR) is 77.1 cm³/mol. The van der Waals surface area contributed by atoms with Crippen LogP contribution in [0.15, 0.2) is 30.5 Å². The number of nitro benzene ring substituents is 1. The van der Waals surface area contributed by atoms with Crippen LogP contribution < -0.4 is 4.90 Å². The van der Waals surface area contributed by atoms with Crippen molar-refractivity contribution < 1.29 is 14.8 Å². The fourth-order valence-electron chi connectivity index (χ4n) is 2.06. The lowest BCUT2D eigenvalue weighted by atomic mass is 10.1. The average Bonchev–Trinajstić information content (AvgIpc) is 2.45. The maximum Gasteiger partial charge on any atom is 0.323 e. The van der Waals surface area contributed by atoms with Gasteiger partial charge in [0.15, 0.2) is 0 Å². The number of terminal acetylenes is 1. The summed E-state index contributed by atoms with van der Waals surface area (Å²) in [6.45, 7) is -0.247. The molecule has 2 rings (SSSR count). The van der Waals surface area contributed by atoms with Gasteiger partial charge in [0, 0.05) is 12.3 Å². The van der Waals surface area contributed by atoms with Gasteiger partial charge in [0.2, 0.25) is 0 Å². The van der Waals surface area contributed by atoms with E-state index < -0.39 is 10.9 Å². The first-order valence-electron chi connectivity index (χ1n) is 5.97. The van der Waals surface area contributed by atoms with Crippen LogP contribution in [-0.2, 0) is 4.79 Å². The lowest BCUT2D eigenvalue weighted by molar-refractivity contribution is -0.383. The van der Waals surface area contributed by atoms with Crippen molar-refractivity contribution in [3.63, 3.8) is 0 Å². The summed E-state index contributed by atoms with van der Waals surface area (Å²) in [5.74, 6) is 1.33. The monoisotopic (exact) mass is 285 g/mol. The number of carbonyl (C=O) groups is 1. The molecule has 0 radical (unpaired) electrons. The highest BCUT2D eigenvalue weighted by Crippen LogP contribution is 2.31. The molecule has 0 aliphatic heterocycles. The van der Waals surface area contributed by atoms with Crippen molar-refractivity contribution in [2.75, 3.05) is 18.0 Å². The smallest absolute Gasteiger partial charge is 0.323 e. The number of aliphatic carboxylic acids is 1. The number of anilines is 1. The molecule has 0 spiro atoms. The number of benzene rings is 1. The van der Waals surface area contributed by atoms with E-state index in [-0.39, 0.29) is 18.8 Å². The van der Waals surface area contributed by atoms with Crippen LogP contribution in [0.5, 0.6) is 0 Å². The topological polar surface area (TPSA) is 96.6 Å². The summed E-state index contributed by atoms with van der Waals surface area (Å²) in [5.41, 5.74) is 0.720. The number of hydrogen-bond acceptors (Lipinski definition) is 5.